The summed E-state index contributed by atoms with van der Waals surface area (Å²) in [7, 11) is 0. The standard InChI is InChI=1S/C14H14BrN3O3/c1-2-5-21-13-7-12(16-8-17-13)18-9-3-4-11(15)10(6-9)14(19)20/h3-4,6-8H,2,5H2,1H3,(H,19,20)(H,16,17,18). The number of hydrogen-bond acceptors (Lipinski definition) is 5. The molecule has 7 heteroatoms. The van der Waals surface area contributed by atoms with Crippen LogP contribution in [0.1, 0.15) is 23.7 Å². The molecule has 0 aliphatic rings. The van der Waals surface area contributed by atoms with Crippen molar-refractivity contribution in [2.45, 2.75) is 13.3 Å². The minimum atomic E-state index is -1.000. The number of hydrogen-bond donors (Lipinski definition) is 2. The Morgan fingerprint density at radius 1 is 1.38 bits per heavy atom. The van der Waals surface area contributed by atoms with E-state index in [2.05, 4.69) is 31.2 Å². The van der Waals surface area contributed by atoms with Gasteiger partial charge in [-0.3, -0.25) is 0 Å². The fourth-order valence-electron chi connectivity index (χ4n) is 1.61. The van der Waals surface area contributed by atoms with Gasteiger partial charge in [0.2, 0.25) is 5.88 Å². The Labute approximate surface area is 130 Å². The molecule has 0 amide bonds. The third-order valence-electron chi connectivity index (χ3n) is 2.57. The first kappa shape index (κ1) is 15.2. The van der Waals surface area contributed by atoms with Crippen LogP contribution in [0.25, 0.3) is 0 Å². The lowest BCUT2D eigenvalue weighted by atomic mass is 10.2. The maximum absolute atomic E-state index is 11.1. The minimum Gasteiger partial charge on any atom is -0.478 e. The number of carbonyl (C=O) groups is 1. The molecule has 2 rings (SSSR count). The number of benzene rings is 1. The number of aromatic nitrogens is 2. The molecule has 0 atom stereocenters. The quantitative estimate of drug-likeness (QED) is 0.828. The molecular formula is C14H14BrN3O3. The fraction of sp³-hybridized carbons (Fsp3) is 0.214. The van der Waals surface area contributed by atoms with Gasteiger partial charge in [-0.2, -0.15) is 0 Å². The van der Waals surface area contributed by atoms with Crippen LogP contribution in [0.2, 0.25) is 0 Å². The molecular weight excluding hydrogens is 338 g/mol. The average Bonchev–Trinajstić information content (AvgIpc) is 2.47. The topological polar surface area (TPSA) is 84.3 Å². The Hall–Kier alpha value is -2.15. The summed E-state index contributed by atoms with van der Waals surface area (Å²) in [5.41, 5.74) is 0.798. The molecule has 0 spiro atoms. The molecule has 110 valence electrons. The maximum Gasteiger partial charge on any atom is 0.336 e. The number of nitrogens with one attached hydrogen (secondary N) is 1. The van der Waals surface area contributed by atoms with Crippen LogP contribution >= 0.6 is 15.9 Å². The number of ether oxygens (including phenoxy) is 1. The van der Waals surface area contributed by atoms with Crippen molar-refractivity contribution in [1.82, 2.24) is 9.97 Å². The molecule has 1 aromatic carbocycles. The van der Waals surface area contributed by atoms with E-state index in [9.17, 15) is 4.79 Å². The van der Waals surface area contributed by atoms with E-state index in [0.717, 1.165) is 6.42 Å². The van der Waals surface area contributed by atoms with Crippen molar-refractivity contribution >= 4 is 33.4 Å². The first-order chi connectivity index (χ1) is 10.1. The number of rotatable bonds is 6. The Kier molecular flexibility index (Phi) is 5.10. The Balaban J connectivity index is 2.18. The van der Waals surface area contributed by atoms with E-state index in [4.69, 9.17) is 9.84 Å². The number of anilines is 2. The molecule has 0 unspecified atom stereocenters. The van der Waals surface area contributed by atoms with E-state index in [1.807, 2.05) is 6.92 Å². The number of halogens is 1. The summed E-state index contributed by atoms with van der Waals surface area (Å²) in [6.45, 7) is 2.59. The summed E-state index contributed by atoms with van der Waals surface area (Å²) < 4.78 is 5.95. The molecule has 21 heavy (non-hydrogen) atoms. The van der Waals surface area contributed by atoms with Crippen molar-refractivity contribution in [2.24, 2.45) is 0 Å². The zero-order valence-electron chi connectivity index (χ0n) is 11.3. The van der Waals surface area contributed by atoms with E-state index in [-0.39, 0.29) is 5.56 Å². The Morgan fingerprint density at radius 2 is 2.19 bits per heavy atom. The summed E-state index contributed by atoms with van der Waals surface area (Å²) in [6.07, 6.45) is 2.28. The third-order valence-corrected chi connectivity index (χ3v) is 3.26. The van der Waals surface area contributed by atoms with E-state index in [1.54, 1.807) is 18.2 Å². The SMILES string of the molecule is CCCOc1cc(Nc2ccc(Br)c(C(=O)O)c2)ncn1. The summed E-state index contributed by atoms with van der Waals surface area (Å²) in [6, 6.07) is 6.62. The second-order valence-corrected chi connectivity index (χ2v) is 5.07. The number of aromatic carboxylic acids is 1. The largest absolute Gasteiger partial charge is 0.478 e. The van der Waals surface area contributed by atoms with Crippen molar-refractivity contribution in [1.29, 1.82) is 0 Å². The van der Waals surface area contributed by atoms with Gasteiger partial charge in [0.15, 0.2) is 0 Å². The van der Waals surface area contributed by atoms with Crippen LogP contribution in [0, 0.1) is 0 Å². The molecule has 0 fully saturated rings. The van der Waals surface area contributed by atoms with Crippen molar-refractivity contribution in [3.63, 3.8) is 0 Å². The lowest BCUT2D eigenvalue weighted by molar-refractivity contribution is 0.0696. The van der Waals surface area contributed by atoms with E-state index in [0.29, 0.717) is 28.5 Å². The smallest absolute Gasteiger partial charge is 0.336 e. The van der Waals surface area contributed by atoms with E-state index in [1.165, 1.54) is 12.4 Å². The van der Waals surface area contributed by atoms with Gasteiger partial charge in [-0.15, -0.1) is 0 Å². The monoisotopic (exact) mass is 351 g/mol. The third kappa shape index (κ3) is 4.16. The molecule has 1 aromatic heterocycles. The Morgan fingerprint density at radius 3 is 2.90 bits per heavy atom. The molecule has 0 saturated carbocycles. The van der Waals surface area contributed by atoms with Crippen LogP contribution in [-0.4, -0.2) is 27.7 Å². The highest BCUT2D eigenvalue weighted by Gasteiger charge is 2.09. The van der Waals surface area contributed by atoms with Crippen molar-refractivity contribution < 1.29 is 14.6 Å². The molecule has 0 aliphatic heterocycles. The van der Waals surface area contributed by atoms with Crippen molar-refractivity contribution in [3.8, 4) is 5.88 Å². The van der Waals surface area contributed by atoms with Gasteiger partial charge in [0, 0.05) is 16.2 Å². The van der Waals surface area contributed by atoms with Crippen LogP contribution in [0.5, 0.6) is 5.88 Å². The predicted molar refractivity (Wildman–Crippen MR) is 82.2 cm³/mol. The normalized spacial score (nSPS) is 10.2. The lowest BCUT2D eigenvalue weighted by Gasteiger charge is -2.09. The maximum atomic E-state index is 11.1. The van der Waals surface area contributed by atoms with Crippen molar-refractivity contribution in [3.05, 3.63) is 40.6 Å². The van der Waals surface area contributed by atoms with Crippen LogP contribution in [0.3, 0.4) is 0 Å². The summed E-state index contributed by atoms with van der Waals surface area (Å²) in [4.78, 5) is 19.2. The molecule has 2 aromatic rings. The fourth-order valence-corrected chi connectivity index (χ4v) is 2.02. The van der Waals surface area contributed by atoms with Crippen LogP contribution < -0.4 is 10.1 Å². The van der Waals surface area contributed by atoms with Gasteiger partial charge < -0.3 is 15.2 Å². The first-order valence-electron chi connectivity index (χ1n) is 6.35. The van der Waals surface area contributed by atoms with Crippen LogP contribution in [-0.2, 0) is 0 Å². The molecule has 0 radical (unpaired) electrons. The highest BCUT2D eigenvalue weighted by molar-refractivity contribution is 9.10. The number of nitrogens with zero attached hydrogens (tertiary/aromatic N) is 2. The van der Waals surface area contributed by atoms with Gasteiger partial charge in [0.1, 0.15) is 12.1 Å². The molecule has 1 heterocycles. The first-order valence-corrected chi connectivity index (χ1v) is 7.14. The summed E-state index contributed by atoms with van der Waals surface area (Å²) in [5.74, 6) is 0.0138. The van der Waals surface area contributed by atoms with Crippen molar-refractivity contribution in [2.75, 3.05) is 11.9 Å². The summed E-state index contributed by atoms with van der Waals surface area (Å²) in [5, 5.41) is 12.1. The van der Waals surface area contributed by atoms with Crippen LogP contribution in [0.15, 0.2) is 35.1 Å². The number of carboxylic acids is 1. The van der Waals surface area contributed by atoms with Gasteiger partial charge in [-0.05, 0) is 40.5 Å². The van der Waals surface area contributed by atoms with E-state index < -0.39 is 5.97 Å². The molecule has 0 saturated heterocycles. The van der Waals surface area contributed by atoms with Gasteiger partial charge in [0.05, 0.1) is 12.2 Å². The lowest BCUT2D eigenvalue weighted by Crippen LogP contribution is -2.02. The second kappa shape index (κ2) is 7.03. The molecule has 0 bridgehead atoms. The molecule has 2 N–H and O–H groups in total. The predicted octanol–water partition coefficient (Wildman–Crippen LogP) is 3.47. The average molecular weight is 352 g/mol. The van der Waals surface area contributed by atoms with Gasteiger partial charge in [-0.25, -0.2) is 14.8 Å². The zero-order chi connectivity index (χ0) is 15.2. The zero-order valence-corrected chi connectivity index (χ0v) is 12.9. The highest BCUT2D eigenvalue weighted by atomic mass is 79.9. The Bertz CT molecular complexity index is 649. The van der Waals surface area contributed by atoms with Gasteiger partial charge >= 0.3 is 5.97 Å². The van der Waals surface area contributed by atoms with Gasteiger partial charge in [0.25, 0.3) is 0 Å². The molecule has 0 aliphatic carbocycles. The van der Waals surface area contributed by atoms with Crippen LogP contribution in [0.4, 0.5) is 11.5 Å². The summed E-state index contributed by atoms with van der Waals surface area (Å²) >= 11 is 3.20. The molecule has 6 nitrogen and oxygen atoms in total. The number of carboxylic acid groups (broad SMARTS) is 1. The van der Waals surface area contributed by atoms with Gasteiger partial charge in [-0.1, -0.05) is 6.92 Å². The minimum absolute atomic E-state index is 0.177. The second-order valence-electron chi connectivity index (χ2n) is 4.21. The highest BCUT2D eigenvalue weighted by Crippen LogP contribution is 2.24. The van der Waals surface area contributed by atoms with E-state index >= 15 is 0 Å².